The molecule has 0 aromatic heterocycles. The Morgan fingerprint density at radius 2 is 1.81 bits per heavy atom. The van der Waals surface area contributed by atoms with E-state index in [1.54, 1.807) is 4.90 Å². The second-order valence-electron chi connectivity index (χ2n) is 9.47. The largest absolute Gasteiger partial charge is 0.457 e. The lowest BCUT2D eigenvalue weighted by atomic mass is 10.0. The van der Waals surface area contributed by atoms with Gasteiger partial charge in [0.1, 0.15) is 11.5 Å². The second-order valence-corrected chi connectivity index (χ2v) is 9.47. The average Bonchev–Trinajstić information content (AvgIpc) is 2.89. The number of rotatable bonds is 3. The van der Waals surface area contributed by atoms with Gasteiger partial charge in [0.2, 0.25) is 11.8 Å². The van der Waals surface area contributed by atoms with Crippen molar-refractivity contribution in [3.05, 3.63) is 59.7 Å². The third kappa shape index (κ3) is 7.22. The van der Waals surface area contributed by atoms with E-state index in [2.05, 4.69) is 10.6 Å². The summed E-state index contributed by atoms with van der Waals surface area (Å²) < 4.78 is 12.3. The number of hydrogen-bond donors (Lipinski definition) is 2. The van der Waals surface area contributed by atoms with Crippen molar-refractivity contribution in [2.75, 3.05) is 32.7 Å². The van der Waals surface area contributed by atoms with Crippen molar-refractivity contribution in [2.24, 2.45) is 0 Å². The molecular formula is C28H36N4O5. The van der Waals surface area contributed by atoms with Gasteiger partial charge in [-0.15, -0.1) is 0 Å². The van der Waals surface area contributed by atoms with Crippen molar-refractivity contribution < 1.29 is 23.9 Å². The number of nitrogens with one attached hydrogen (secondary N) is 2. The first-order valence-electron chi connectivity index (χ1n) is 13.0. The van der Waals surface area contributed by atoms with Gasteiger partial charge in [0.25, 0.3) is 0 Å². The summed E-state index contributed by atoms with van der Waals surface area (Å²) in [5.74, 6) is 0.907. The third-order valence-electron chi connectivity index (χ3n) is 6.63. The van der Waals surface area contributed by atoms with Gasteiger partial charge >= 0.3 is 6.03 Å². The van der Waals surface area contributed by atoms with Gasteiger partial charge in [0.05, 0.1) is 31.7 Å². The van der Waals surface area contributed by atoms with Crippen LogP contribution in [0.5, 0.6) is 11.5 Å². The van der Waals surface area contributed by atoms with Gasteiger partial charge in [-0.3, -0.25) is 9.59 Å². The Kier molecular flexibility index (Phi) is 9.00. The topological polar surface area (TPSA) is 100 Å². The minimum Gasteiger partial charge on any atom is -0.457 e. The van der Waals surface area contributed by atoms with Crippen molar-refractivity contribution >= 4 is 17.8 Å². The molecule has 0 aliphatic carbocycles. The summed E-state index contributed by atoms with van der Waals surface area (Å²) >= 11 is 0. The van der Waals surface area contributed by atoms with Crippen LogP contribution in [0.3, 0.4) is 0 Å². The molecule has 2 aliphatic rings. The molecule has 2 aromatic carbocycles. The number of urea groups is 1. The van der Waals surface area contributed by atoms with Gasteiger partial charge < -0.3 is 29.9 Å². The van der Waals surface area contributed by atoms with E-state index in [1.807, 2.05) is 62.4 Å². The SMILES string of the molecule is CCCNC(=O)N1CC[C@@H]2OCc3cccc(c3)Oc3cccc(c3)CC(=O)N(CC)CC(=O)N[C@H]2C1. The minimum absolute atomic E-state index is 0.0580. The van der Waals surface area contributed by atoms with Crippen LogP contribution in [-0.2, 0) is 27.4 Å². The molecule has 2 aromatic rings. The predicted molar refractivity (Wildman–Crippen MR) is 139 cm³/mol. The van der Waals surface area contributed by atoms with Crippen molar-refractivity contribution in [3.8, 4) is 11.5 Å². The smallest absolute Gasteiger partial charge is 0.317 e. The molecule has 2 heterocycles. The molecule has 4 amide bonds. The fourth-order valence-corrected chi connectivity index (χ4v) is 4.64. The van der Waals surface area contributed by atoms with E-state index in [0.29, 0.717) is 50.7 Å². The molecule has 1 saturated heterocycles. The number of benzene rings is 2. The van der Waals surface area contributed by atoms with Crippen molar-refractivity contribution in [2.45, 2.75) is 51.9 Å². The molecule has 198 valence electrons. The normalized spacial score (nSPS) is 20.8. The van der Waals surface area contributed by atoms with Crippen molar-refractivity contribution in [3.63, 3.8) is 0 Å². The second kappa shape index (κ2) is 12.6. The highest BCUT2D eigenvalue weighted by atomic mass is 16.5. The van der Waals surface area contributed by atoms with E-state index in [1.165, 1.54) is 4.90 Å². The Balaban J connectivity index is 1.58. The zero-order valence-corrected chi connectivity index (χ0v) is 21.6. The van der Waals surface area contributed by atoms with Crippen molar-refractivity contribution in [1.29, 1.82) is 0 Å². The number of amides is 4. The molecule has 2 N–H and O–H groups in total. The number of fused-ring (bicyclic) bond motifs is 5. The third-order valence-corrected chi connectivity index (χ3v) is 6.63. The summed E-state index contributed by atoms with van der Waals surface area (Å²) in [5, 5.41) is 5.95. The summed E-state index contributed by atoms with van der Waals surface area (Å²) in [5.41, 5.74) is 1.75. The fourth-order valence-electron chi connectivity index (χ4n) is 4.64. The van der Waals surface area contributed by atoms with E-state index < -0.39 is 6.04 Å². The van der Waals surface area contributed by atoms with Gasteiger partial charge in [-0.25, -0.2) is 4.79 Å². The van der Waals surface area contributed by atoms with Crippen LogP contribution in [-0.4, -0.2) is 72.5 Å². The predicted octanol–water partition coefficient (Wildman–Crippen LogP) is 3.08. The average molecular weight is 509 g/mol. The zero-order valence-electron chi connectivity index (χ0n) is 21.6. The Morgan fingerprint density at radius 1 is 1.08 bits per heavy atom. The number of piperidine rings is 1. The Bertz CT molecular complexity index is 1110. The molecule has 37 heavy (non-hydrogen) atoms. The maximum absolute atomic E-state index is 13.1. The molecule has 0 spiro atoms. The lowest BCUT2D eigenvalue weighted by Gasteiger charge is -2.39. The molecule has 9 heteroatoms. The first-order chi connectivity index (χ1) is 17.9. The molecule has 9 nitrogen and oxygen atoms in total. The monoisotopic (exact) mass is 508 g/mol. The van der Waals surface area contributed by atoms with E-state index in [4.69, 9.17) is 9.47 Å². The molecule has 1 fully saturated rings. The molecular weight excluding hydrogens is 472 g/mol. The molecule has 2 atom stereocenters. The zero-order chi connectivity index (χ0) is 26.2. The summed E-state index contributed by atoms with van der Waals surface area (Å²) in [6, 6.07) is 14.6. The maximum Gasteiger partial charge on any atom is 0.317 e. The van der Waals surface area contributed by atoms with Gasteiger partial charge in [-0.2, -0.15) is 0 Å². The Morgan fingerprint density at radius 3 is 2.54 bits per heavy atom. The molecule has 4 rings (SSSR count). The number of ether oxygens (including phenoxy) is 2. The first-order valence-corrected chi connectivity index (χ1v) is 13.0. The summed E-state index contributed by atoms with van der Waals surface area (Å²) in [6.07, 6.45) is 1.32. The van der Waals surface area contributed by atoms with Crippen molar-refractivity contribution in [1.82, 2.24) is 20.4 Å². The number of nitrogens with zero attached hydrogens (tertiary/aromatic N) is 2. The number of carbonyl (C=O) groups is 3. The maximum atomic E-state index is 13.1. The quantitative estimate of drug-likeness (QED) is 0.664. The van der Waals surface area contributed by atoms with Gasteiger partial charge in [-0.1, -0.05) is 31.2 Å². The van der Waals surface area contributed by atoms with E-state index in [0.717, 1.165) is 17.5 Å². The van der Waals surface area contributed by atoms with Gasteiger partial charge in [0.15, 0.2) is 0 Å². The van der Waals surface area contributed by atoms with E-state index >= 15 is 0 Å². The number of likely N-dealkylation sites (N-methyl/N-ethyl adjacent to an activating group) is 1. The highest BCUT2D eigenvalue weighted by Gasteiger charge is 2.33. The Labute approximate surface area is 218 Å². The molecule has 0 radical (unpaired) electrons. The van der Waals surface area contributed by atoms with Gasteiger partial charge in [0, 0.05) is 26.2 Å². The summed E-state index contributed by atoms with van der Waals surface area (Å²) in [4.78, 5) is 42.0. The fraction of sp³-hybridized carbons (Fsp3) is 0.464. The number of hydrogen-bond acceptors (Lipinski definition) is 5. The van der Waals surface area contributed by atoms with Crippen LogP contribution in [0, 0.1) is 0 Å². The standard InChI is InChI=1S/C28H36N4O5/c1-3-12-29-28(35)32-13-11-25-24(17-32)30-26(33)18-31(4-2)27(34)16-20-7-5-9-22(14-20)37-23-10-6-8-21(15-23)19-36-25/h5-10,14-15,24-25H,3-4,11-13,16-19H2,1-2H3,(H,29,35)(H,30,33)/t24-,25-/m0/s1. The number of likely N-dealkylation sites (tertiary alicyclic amines) is 1. The van der Waals surface area contributed by atoms with Gasteiger partial charge in [-0.05, 0) is 55.2 Å². The molecule has 0 unspecified atom stereocenters. The first kappa shape index (κ1) is 26.5. The van der Waals surface area contributed by atoms with Crippen LogP contribution in [0.4, 0.5) is 4.79 Å². The highest BCUT2D eigenvalue weighted by Crippen LogP contribution is 2.25. The van der Waals surface area contributed by atoms with E-state index in [9.17, 15) is 14.4 Å². The highest BCUT2D eigenvalue weighted by molar-refractivity contribution is 5.86. The van der Waals surface area contributed by atoms with Crippen LogP contribution in [0.1, 0.15) is 37.8 Å². The van der Waals surface area contributed by atoms with Crippen LogP contribution in [0.25, 0.3) is 0 Å². The summed E-state index contributed by atoms with van der Waals surface area (Å²) in [6.45, 7) is 6.01. The lowest BCUT2D eigenvalue weighted by molar-refractivity contribution is -0.136. The van der Waals surface area contributed by atoms with Crippen LogP contribution in [0.15, 0.2) is 48.5 Å². The Hall–Kier alpha value is -3.59. The molecule has 4 bridgehead atoms. The molecule has 2 aliphatic heterocycles. The van der Waals surface area contributed by atoms with Crippen LogP contribution < -0.4 is 15.4 Å². The lowest BCUT2D eigenvalue weighted by Crippen LogP contribution is -2.59. The minimum atomic E-state index is -0.396. The number of carbonyl (C=O) groups excluding carboxylic acids is 3. The van der Waals surface area contributed by atoms with Crippen LogP contribution >= 0.6 is 0 Å². The molecule has 0 saturated carbocycles. The van der Waals surface area contributed by atoms with E-state index in [-0.39, 0.29) is 36.9 Å². The summed E-state index contributed by atoms with van der Waals surface area (Å²) in [7, 11) is 0. The van der Waals surface area contributed by atoms with Crippen LogP contribution in [0.2, 0.25) is 0 Å².